The number of rotatable bonds is 3. The largest absolute Gasteiger partial charge is 0.394 e. The third-order valence-electron chi connectivity index (χ3n) is 0.945. The van der Waals surface area contributed by atoms with Gasteiger partial charge in [-0.2, -0.15) is 0 Å². The smallest absolute Gasteiger partial charge is 0.0856 e. The van der Waals surface area contributed by atoms with Crippen molar-refractivity contribution in [3.8, 4) is 0 Å². The zero-order valence-electron chi connectivity index (χ0n) is 5.12. The maximum Gasteiger partial charge on any atom is 0.0856 e. The van der Waals surface area contributed by atoms with E-state index in [1.54, 1.807) is 0 Å². The van der Waals surface area contributed by atoms with Crippen molar-refractivity contribution in [3.63, 3.8) is 0 Å². The van der Waals surface area contributed by atoms with Crippen LogP contribution in [-0.4, -0.2) is 40.7 Å². The van der Waals surface area contributed by atoms with E-state index in [9.17, 15) is 0 Å². The van der Waals surface area contributed by atoms with Crippen LogP contribution in [-0.2, 0) is 32.7 Å². The Kier molecular flexibility index (Phi) is 7.99. The third-order valence-corrected chi connectivity index (χ3v) is 0.945. The number of nitrogens with two attached hydrogens (primary N) is 1. The monoisotopic (exact) mass is 210 g/mol. The number of hydrogen-bond acceptors (Lipinski definition) is 4. The Bertz CT molecular complexity index is 58.6. The molecule has 9 heavy (non-hydrogen) atoms. The first-order valence-corrected chi connectivity index (χ1v) is 2.30. The van der Waals surface area contributed by atoms with E-state index in [1.165, 1.54) is 0 Å². The van der Waals surface area contributed by atoms with E-state index in [1.807, 2.05) is 0 Å². The first-order valence-electron chi connectivity index (χ1n) is 2.30. The van der Waals surface area contributed by atoms with Crippen LogP contribution in [0.2, 0.25) is 0 Å². The summed E-state index contributed by atoms with van der Waals surface area (Å²) in [5, 5.41) is 25.0. The van der Waals surface area contributed by atoms with Gasteiger partial charge in [-0.05, 0) is 0 Å². The number of aliphatic hydroxyl groups is 3. The Morgan fingerprint density at radius 2 is 1.22 bits per heavy atom. The van der Waals surface area contributed by atoms with E-state index in [-0.39, 0.29) is 32.7 Å². The van der Waals surface area contributed by atoms with Crippen molar-refractivity contribution in [2.75, 3.05) is 19.8 Å². The summed E-state index contributed by atoms with van der Waals surface area (Å²) in [6.07, 6.45) is 0. The molecule has 4 nitrogen and oxygen atoms in total. The maximum absolute atomic E-state index is 8.34. The molecular weight excluding hydrogens is 199 g/mol. The standard InChI is InChI=1S/C4H11NO3.Y/c5-4(1-6,2-7)3-8;/h6-8H,1-3,5H2;. The average Bonchev–Trinajstić information content (AvgIpc) is 1.87. The summed E-state index contributed by atoms with van der Waals surface area (Å²) in [5.74, 6) is 0. The van der Waals surface area contributed by atoms with Crippen molar-refractivity contribution in [1.29, 1.82) is 0 Å². The summed E-state index contributed by atoms with van der Waals surface area (Å²) < 4.78 is 0. The van der Waals surface area contributed by atoms with Gasteiger partial charge in [-0.15, -0.1) is 0 Å². The van der Waals surface area contributed by atoms with E-state index >= 15 is 0 Å². The summed E-state index contributed by atoms with van der Waals surface area (Å²) >= 11 is 0. The second-order valence-electron chi connectivity index (χ2n) is 1.84. The summed E-state index contributed by atoms with van der Waals surface area (Å²) in [6, 6.07) is 0. The van der Waals surface area contributed by atoms with Crippen LogP contribution in [0.3, 0.4) is 0 Å². The van der Waals surface area contributed by atoms with Crippen LogP contribution in [0.25, 0.3) is 0 Å². The molecule has 0 bridgehead atoms. The predicted octanol–water partition coefficient (Wildman–Crippen LogP) is -2.34. The first kappa shape index (κ1) is 12.6. The molecule has 0 aliphatic carbocycles. The van der Waals surface area contributed by atoms with E-state index < -0.39 is 25.4 Å². The van der Waals surface area contributed by atoms with Crippen LogP contribution in [0, 0.1) is 0 Å². The van der Waals surface area contributed by atoms with Crippen molar-refractivity contribution in [2.24, 2.45) is 5.73 Å². The molecule has 1 radical (unpaired) electrons. The molecule has 0 aliphatic rings. The van der Waals surface area contributed by atoms with Crippen LogP contribution >= 0.6 is 0 Å². The third kappa shape index (κ3) is 4.36. The summed E-state index contributed by atoms with van der Waals surface area (Å²) in [6.45, 7) is -1.21. The van der Waals surface area contributed by atoms with Crippen LogP contribution < -0.4 is 5.73 Å². The van der Waals surface area contributed by atoms with Gasteiger partial charge < -0.3 is 21.1 Å². The molecule has 53 valence electrons. The number of aliphatic hydroxyl groups excluding tert-OH is 3. The van der Waals surface area contributed by atoms with E-state index in [2.05, 4.69) is 0 Å². The fourth-order valence-corrected chi connectivity index (χ4v) is 0.150. The maximum atomic E-state index is 8.34. The molecule has 0 unspecified atom stereocenters. The Morgan fingerprint density at radius 3 is 1.22 bits per heavy atom. The van der Waals surface area contributed by atoms with Crippen LogP contribution in [0.15, 0.2) is 0 Å². The van der Waals surface area contributed by atoms with Gasteiger partial charge in [0.15, 0.2) is 0 Å². The second kappa shape index (κ2) is 5.71. The van der Waals surface area contributed by atoms with Gasteiger partial charge in [0.25, 0.3) is 0 Å². The quantitative estimate of drug-likeness (QED) is 0.420. The normalized spacial score (nSPS) is 10.7. The van der Waals surface area contributed by atoms with Gasteiger partial charge in [0.2, 0.25) is 0 Å². The SMILES string of the molecule is NC(CO)(CO)CO.[Y]. The van der Waals surface area contributed by atoms with Crippen LogP contribution in [0.4, 0.5) is 0 Å². The summed E-state index contributed by atoms with van der Waals surface area (Å²) in [4.78, 5) is 0. The van der Waals surface area contributed by atoms with Gasteiger partial charge in [-0.3, -0.25) is 0 Å². The second-order valence-corrected chi connectivity index (χ2v) is 1.84. The molecule has 5 N–H and O–H groups in total. The minimum Gasteiger partial charge on any atom is -0.394 e. The molecule has 0 saturated carbocycles. The molecule has 0 saturated heterocycles. The fraction of sp³-hybridized carbons (Fsp3) is 1.00. The predicted molar refractivity (Wildman–Crippen MR) is 28.2 cm³/mol. The Balaban J connectivity index is 0. The summed E-state index contributed by atoms with van der Waals surface area (Å²) in [7, 11) is 0. The van der Waals surface area contributed by atoms with Gasteiger partial charge in [0.1, 0.15) is 0 Å². The van der Waals surface area contributed by atoms with Crippen molar-refractivity contribution < 1.29 is 48.0 Å². The molecule has 0 atom stereocenters. The fourth-order valence-electron chi connectivity index (χ4n) is 0.150. The Morgan fingerprint density at radius 1 is 1.00 bits per heavy atom. The minimum atomic E-state index is -1.21. The molecule has 5 heteroatoms. The molecule has 0 amide bonds. The Hall–Kier alpha value is 0.944. The zero-order chi connectivity index (χ0) is 6.62. The molecule has 0 rings (SSSR count). The molecule has 0 aromatic carbocycles. The molecular formula is C4H11NO3Y. The molecule has 0 aliphatic heterocycles. The Labute approximate surface area is 78.9 Å². The molecule has 0 heterocycles. The first-order chi connectivity index (χ1) is 3.68. The van der Waals surface area contributed by atoms with Crippen molar-refractivity contribution in [1.82, 2.24) is 0 Å². The molecule has 0 fully saturated rings. The van der Waals surface area contributed by atoms with Gasteiger partial charge in [-0.1, -0.05) is 0 Å². The van der Waals surface area contributed by atoms with Crippen LogP contribution in [0.1, 0.15) is 0 Å². The molecule has 0 aromatic heterocycles. The van der Waals surface area contributed by atoms with Gasteiger partial charge in [0, 0.05) is 32.7 Å². The van der Waals surface area contributed by atoms with E-state index in [0.717, 1.165) is 0 Å². The average molecular weight is 210 g/mol. The van der Waals surface area contributed by atoms with E-state index in [4.69, 9.17) is 21.1 Å². The van der Waals surface area contributed by atoms with Crippen molar-refractivity contribution in [2.45, 2.75) is 5.54 Å². The van der Waals surface area contributed by atoms with E-state index in [0.29, 0.717) is 0 Å². The topological polar surface area (TPSA) is 86.7 Å². The van der Waals surface area contributed by atoms with Crippen molar-refractivity contribution in [3.05, 3.63) is 0 Å². The zero-order valence-corrected chi connectivity index (χ0v) is 7.96. The minimum absolute atomic E-state index is 0. The van der Waals surface area contributed by atoms with Crippen LogP contribution in [0.5, 0.6) is 0 Å². The molecule has 0 spiro atoms. The number of hydrogen-bond donors (Lipinski definition) is 4. The summed E-state index contributed by atoms with van der Waals surface area (Å²) in [5.41, 5.74) is 3.94. The van der Waals surface area contributed by atoms with Gasteiger partial charge >= 0.3 is 0 Å². The van der Waals surface area contributed by atoms with Gasteiger partial charge in [-0.25, -0.2) is 0 Å². The van der Waals surface area contributed by atoms with Gasteiger partial charge in [0.05, 0.1) is 25.4 Å². The van der Waals surface area contributed by atoms with Crippen molar-refractivity contribution >= 4 is 0 Å². The molecule has 0 aromatic rings.